The molecule has 1 nitrogen and oxygen atoms in total. The summed E-state index contributed by atoms with van der Waals surface area (Å²) in [6.45, 7) is 0. The number of fused-ring (bicyclic) bond motifs is 1. The monoisotopic (exact) mass is 177 g/mol. The molecule has 1 atom stereocenters. The maximum absolute atomic E-state index is 2.45. The first-order valence-electron chi connectivity index (χ1n) is 5.32. The van der Waals surface area contributed by atoms with Gasteiger partial charge in [-0.1, -0.05) is 12.2 Å². The van der Waals surface area contributed by atoms with Gasteiger partial charge in [0.1, 0.15) is 0 Å². The first-order valence-corrected chi connectivity index (χ1v) is 5.32. The molecule has 1 saturated carbocycles. The topological polar surface area (TPSA) is 3.24 Å². The highest BCUT2D eigenvalue weighted by Gasteiger charge is 2.22. The predicted octanol–water partition coefficient (Wildman–Crippen LogP) is 2.75. The molecule has 2 aliphatic carbocycles. The fourth-order valence-electron chi connectivity index (χ4n) is 2.37. The molecule has 0 aromatic carbocycles. The lowest BCUT2D eigenvalue weighted by atomic mass is 9.82. The molecule has 1 unspecified atom stereocenters. The second-order valence-electron chi connectivity index (χ2n) is 4.40. The molecule has 0 aliphatic heterocycles. The molecule has 13 heavy (non-hydrogen) atoms. The van der Waals surface area contributed by atoms with Crippen LogP contribution in [0.5, 0.6) is 0 Å². The van der Waals surface area contributed by atoms with Gasteiger partial charge >= 0.3 is 0 Å². The van der Waals surface area contributed by atoms with Crippen molar-refractivity contribution in [1.82, 2.24) is 4.90 Å². The van der Waals surface area contributed by atoms with E-state index in [9.17, 15) is 0 Å². The molecule has 0 aromatic heterocycles. The molecule has 0 bridgehead atoms. The van der Waals surface area contributed by atoms with Gasteiger partial charge in [0.15, 0.2) is 0 Å². The van der Waals surface area contributed by atoms with Crippen molar-refractivity contribution in [2.45, 2.75) is 38.1 Å². The second kappa shape index (κ2) is 3.67. The summed E-state index contributed by atoms with van der Waals surface area (Å²) in [5.41, 5.74) is 3.28. The molecule has 0 N–H and O–H groups in total. The Balaban J connectivity index is 2.08. The van der Waals surface area contributed by atoms with Crippen LogP contribution in [-0.4, -0.2) is 25.0 Å². The molecule has 0 spiro atoms. The Hall–Kier alpha value is -0.560. The standard InChI is InChI=1S/C12H19N/c1-13(2)12-8-7-10-5-3-4-6-11(10)9-12/h5-6,12H,3-4,7-9H2,1-2H3. The molecule has 0 aromatic rings. The molecule has 1 fully saturated rings. The van der Waals surface area contributed by atoms with Crippen molar-refractivity contribution in [3.8, 4) is 0 Å². The normalized spacial score (nSPS) is 28.1. The third-order valence-corrected chi connectivity index (χ3v) is 3.29. The molecule has 0 heterocycles. The fraction of sp³-hybridized carbons (Fsp3) is 0.667. The van der Waals surface area contributed by atoms with Gasteiger partial charge in [-0.15, -0.1) is 0 Å². The molecular formula is C12H19N. The quantitative estimate of drug-likeness (QED) is 0.595. The van der Waals surface area contributed by atoms with Gasteiger partial charge < -0.3 is 4.90 Å². The van der Waals surface area contributed by atoms with Crippen molar-refractivity contribution in [2.75, 3.05) is 14.1 Å². The Morgan fingerprint density at radius 3 is 2.54 bits per heavy atom. The zero-order valence-corrected chi connectivity index (χ0v) is 8.71. The number of allylic oxidation sites excluding steroid dienone is 3. The largest absolute Gasteiger partial charge is 0.306 e. The lowest BCUT2D eigenvalue weighted by Gasteiger charge is -2.32. The van der Waals surface area contributed by atoms with Gasteiger partial charge in [0.05, 0.1) is 0 Å². The van der Waals surface area contributed by atoms with Crippen LogP contribution in [0.3, 0.4) is 0 Å². The van der Waals surface area contributed by atoms with E-state index in [1.54, 1.807) is 11.1 Å². The van der Waals surface area contributed by atoms with E-state index in [0.717, 1.165) is 6.04 Å². The fourth-order valence-corrected chi connectivity index (χ4v) is 2.37. The van der Waals surface area contributed by atoms with Gasteiger partial charge in [-0.3, -0.25) is 0 Å². The summed E-state index contributed by atoms with van der Waals surface area (Å²) in [6.07, 6.45) is 11.3. The van der Waals surface area contributed by atoms with Crippen LogP contribution in [0.1, 0.15) is 32.1 Å². The molecule has 2 rings (SSSR count). The van der Waals surface area contributed by atoms with E-state index >= 15 is 0 Å². The maximum atomic E-state index is 2.45. The minimum Gasteiger partial charge on any atom is -0.306 e. The smallest absolute Gasteiger partial charge is 0.0133 e. The number of nitrogens with zero attached hydrogens (tertiary/aromatic N) is 1. The Morgan fingerprint density at radius 2 is 1.85 bits per heavy atom. The zero-order chi connectivity index (χ0) is 9.26. The molecule has 0 saturated heterocycles. The summed E-state index contributed by atoms with van der Waals surface area (Å²) < 4.78 is 0. The molecule has 0 radical (unpaired) electrons. The van der Waals surface area contributed by atoms with E-state index in [1.165, 1.54) is 32.1 Å². The zero-order valence-electron chi connectivity index (χ0n) is 8.71. The van der Waals surface area contributed by atoms with Crippen molar-refractivity contribution in [2.24, 2.45) is 0 Å². The van der Waals surface area contributed by atoms with Crippen LogP contribution in [0.4, 0.5) is 0 Å². The number of hydrogen-bond donors (Lipinski definition) is 0. The SMILES string of the molecule is CN(C)C1CCC2=CCCC=C2C1. The third kappa shape index (κ3) is 1.86. The van der Waals surface area contributed by atoms with E-state index in [0.29, 0.717) is 0 Å². The van der Waals surface area contributed by atoms with Crippen LogP contribution in [0.2, 0.25) is 0 Å². The Labute approximate surface area is 81.1 Å². The summed E-state index contributed by atoms with van der Waals surface area (Å²) >= 11 is 0. The predicted molar refractivity (Wildman–Crippen MR) is 56.7 cm³/mol. The summed E-state index contributed by atoms with van der Waals surface area (Å²) in [5, 5.41) is 0. The van der Waals surface area contributed by atoms with Gasteiger partial charge in [0, 0.05) is 6.04 Å². The first-order chi connectivity index (χ1) is 6.27. The van der Waals surface area contributed by atoms with Crippen molar-refractivity contribution in [3.05, 3.63) is 23.3 Å². The van der Waals surface area contributed by atoms with Gasteiger partial charge in [-0.2, -0.15) is 0 Å². The Bertz CT molecular complexity index is 248. The summed E-state index contributed by atoms with van der Waals surface area (Å²) in [5.74, 6) is 0. The maximum Gasteiger partial charge on any atom is 0.0133 e. The van der Waals surface area contributed by atoms with E-state index in [1.807, 2.05) is 0 Å². The van der Waals surface area contributed by atoms with Crippen LogP contribution in [0.15, 0.2) is 23.3 Å². The van der Waals surface area contributed by atoms with Crippen LogP contribution < -0.4 is 0 Å². The van der Waals surface area contributed by atoms with Crippen molar-refractivity contribution in [3.63, 3.8) is 0 Å². The van der Waals surface area contributed by atoms with Crippen molar-refractivity contribution in [1.29, 1.82) is 0 Å². The Morgan fingerprint density at radius 1 is 1.15 bits per heavy atom. The van der Waals surface area contributed by atoms with Gasteiger partial charge in [-0.05, 0) is 57.3 Å². The number of hydrogen-bond acceptors (Lipinski definition) is 1. The van der Waals surface area contributed by atoms with E-state index < -0.39 is 0 Å². The first kappa shape index (κ1) is 9.01. The summed E-state index contributed by atoms with van der Waals surface area (Å²) in [6, 6.07) is 0.779. The lowest BCUT2D eigenvalue weighted by Crippen LogP contribution is -2.31. The van der Waals surface area contributed by atoms with E-state index in [2.05, 4.69) is 31.1 Å². The van der Waals surface area contributed by atoms with Gasteiger partial charge in [0.25, 0.3) is 0 Å². The van der Waals surface area contributed by atoms with Crippen molar-refractivity contribution < 1.29 is 0 Å². The Kier molecular flexibility index (Phi) is 2.54. The third-order valence-electron chi connectivity index (χ3n) is 3.29. The van der Waals surface area contributed by atoms with Crippen LogP contribution in [-0.2, 0) is 0 Å². The van der Waals surface area contributed by atoms with Crippen LogP contribution >= 0.6 is 0 Å². The van der Waals surface area contributed by atoms with Gasteiger partial charge in [0.2, 0.25) is 0 Å². The van der Waals surface area contributed by atoms with Gasteiger partial charge in [-0.25, -0.2) is 0 Å². The summed E-state index contributed by atoms with van der Waals surface area (Å²) in [7, 11) is 4.39. The lowest BCUT2D eigenvalue weighted by molar-refractivity contribution is 0.266. The summed E-state index contributed by atoms with van der Waals surface area (Å²) in [4.78, 5) is 2.37. The average Bonchev–Trinajstić information content (AvgIpc) is 2.17. The molecule has 2 aliphatic rings. The van der Waals surface area contributed by atoms with Crippen LogP contribution in [0.25, 0.3) is 0 Å². The molecular weight excluding hydrogens is 158 g/mol. The average molecular weight is 177 g/mol. The molecule has 1 heteroatoms. The highest BCUT2D eigenvalue weighted by atomic mass is 15.1. The van der Waals surface area contributed by atoms with Crippen LogP contribution in [0, 0.1) is 0 Å². The number of rotatable bonds is 1. The van der Waals surface area contributed by atoms with E-state index in [-0.39, 0.29) is 0 Å². The second-order valence-corrected chi connectivity index (χ2v) is 4.40. The minimum absolute atomic E-state index is 0.779. The highest BCUT2D eigenvalue weighted by molar-refractivity contribution is 5.36. The minimum atomic E-state index is 0.779. The highest BCUT2D eigenvalue weighted by Crippen LogP contribution is 2.33. The molecule has 72 valence electrons. The molecule has 0 amide bonds. The van der Waals surface area contributed by atoms with Crippen molar-refractivity contribution >= 4 is 0 Å². The van der Waals surface area contributed by atoms with E-state index in [4.69, 9.17) is 0 Å².